The smallest absolute Gasteiger partial charge is 0.272 e. The van der Waals surface area contributed by atoms with E-state index in [1.165, 1.54) is 11.1 Å². The molecule has 0 aliphatic carbocycles. The first-order chi connectivity index (χ1) is 11.7. The monoisotopic (exact) mass is 323 g/mol. The molecule has 1 N–H and O–H groups in total. The van der Waals surface area contributed by atoms with Crippen molar-refractivity contribution in [2.24, 2.45) is 0 Å². The van der Waals surface area contributed by atoms with Gasteiger partial charge in [0, 0.05) is 30.7 Å². The fourth-order valence-corrected chi connectivity index (χ4v) is 3.25. The normalized spacial score (nSPS) is 14.0. The number of anilines is 2. The molecule has 0 atom stereocenters. The van der Waals surface area contributed by atoms with Crippen LogP contribution in [0.15, 0.2) is 36.5 Å². The van der Waals surface area contributed by atoms with Gasteiger partial charge in [0.1, 0.15) is 5.69 Å². The van der Waals surface area contributed by atoms with Crippen molar-refractivity contribution in [1.82, 2.24) is 9.88 Å². The molecule has 1 aliphatic heterocycles. The van der Waals surface area contributed by atoms with Crippen LogP contribution in [0.1, 0.15) is 48.3 Å². The molecule has 2 aromatic rings. The molecule has 3 rings (SSSR count). The van der Waals surface area contributed by atoms with Gasteiger partial charge in [-0.25, -0.2) is 0 Å². The minimum atomic E-state index is 0.0376. The minimum absolute atomic E-state index is 0.0376. The standard InChI is InChI=1S/C20H25N3O/c1-3-15-8-7-9-16(4-2)19(15)22-17-10-11-21-18(14-17)20(24)23-12-5-6-13-23/h7-11,14H,3-6,12-13H2,1-2H3,(H,21,22). The number of nitrogens with one attached hydrogen (secondary N) is 1. The summed E-state index contributed by atoms with van der Waals surface area (Å²) in [5.41, 5.74) is 5.18. The molecule has 0 spiro atoms. The maximum Gasteiger partial charge on any atom is 0.272 e. The lowest BCUT2D eigenvalue weighted by molar-refractivity contribution is 0.0787. The molecule has 1 aromatic heterocycles. The molecule has 0 radical (unpaired) electrons. The van der Waals surface area contributed by atoms with Gasteiger partial charge in [0.15, 0.2) is 0 Å². The van der Waals surface area contributed by atoms with Gasteiger partial charge in [-0.15, -0.1) is 0 Å². The predicted octanol–water partition coefficient (Wildman–Crippen LogP) is 4.19. The van der Waals surface area contributed by atoms with Crippen molar-refractivity contribution in [2.45, 2.75) is 39.5 Å². The molecule has 0 unspecified atom stereocenters. The molecule has 126 valence electrons. The molecule has 1 aliphatic rings. The Balaban J connectivity index is 1.86. The number of pyridine rings is 1. The molecular weight excluding hydrogens is 298 g/mol. The Bertz CT molecular complexity index is 698. The van der Waals surface area contributed by atoms with Crippen LogP contribution in [0, 0.1) is 0 Å². The van der Waals surface area contributed by atoms with Crippen molar-refractivity contribution < 1.29 is 4.79 Å². The van der Waals surface area contributed by atoms with Crippen LogP contribution in [-0.4, -0.2) is 28.9 Å². The van der Waals surface area contributed by atoms with Crippen LogP contribution in [0.5, 0.6) is 0 Å². The Kier molecular flexibility index (Phi) is 5.14. The highest BCUT2D eigenvalue weighted by molar-refractivity contribution is 5.93. The maximum atomic E-state index is 12.5. The highest BCUT2D eigenvalue weighted by Gasteiger charge is 2.20. The van der Waals surface area contributed by atoms with E-state index in [-0.39, 0.29) is 5.91 Å². The Morgan fingerprint density at radius 3 is 2.42 bits per heavy atom. The van der Waals surface area contributed by atoms with E-state index in [0.717, 1.165) is 50.1 Å². The van der Waals surface area contributed by atoms with Gasteiger partial charge in [0.05, 0.1) is 0 Å². The second-order valence-corrected chi connectivity index (χ2v) is 6.21. The molecule has 0 bridgehead atoms. The van der Waals surface area contributed by atoms with Gasteiger partial charge < -0.3 is 10.2 Å². The molecule has 4 heteroatoms. The average Bonchev–Trinajstić information content (AvgIpc) is 3.16. The summed E-state index contributed by atoms with van der Waals surface area (Å²) in [7, 11) is 0. The van der Waals surface area contributed by atoms with Gasteiger partial charge in [0.25, 0.3) is 5.91 Å². The number of carbonyl (C=O) groups excluding carboxylic acids is 1. The van der Waals surface area contributed by atoms with E-state index in [9.17, 15) is 4.79 Å². The summed E-state index contributed by atoms with van der Waals surface area (Å²) in [5.74, 6) is 0.0376. The van der Waals surface area contributed by atoms with Gasteiger partial charge in [-0.05, 0) is 48.9 Å². The summed E-state index contributed by atoms with van der Waals surface area (Å²) in [6.07, 6.45) is 5.84. The Hall–Kier alpha value is -2.36. The lowest BCUT2D eigenvalue weighted by atomic mass is 10.0. The van der Waals surface area contributed by atoms with Crippen LogP contribution in [0.3, 0.4) is 0 Å². The number of carbonyl (C=O) groups is 1. The van der Waals surface area contributed by atoms with E-state index >= 15 is 0 Å². The molecule has 1 amide bonds. The summed E-state index contributed by atoms with van der Waals surface area (Å²) < 4.78 is 0. The number of para-hydroxylation sites is 1. The largest absolute Gasteiger partial charge is 0.355 e. The quantitative estimate of drug-likeness (QED) is 0.897. The molecule has 4 nitrogen and oxygen atoms in total. The van der Waals surface area contributed by atoms with Crippen LogP contribution in [-0.2, 0) is 12.8 Å². The first kappa shape index (κ1) is 16.5. The van der Waals surface area contributed by atoms with E-state index in [1.807, 2.05) is 17.0 Å². The zero-order chi connectivity index (χ0) is 16.9. The Labute approximate surface area is 143 Å². The summed E-state index contributed by atoms with van der Waals surface area (Å²) in [6.45, 7) is 6.01. The van der Waals surface area contributed by atoms with Crippen molar-refractivity contribution in [3.63, 3.8) is 0 Å². The number of likely N-dealkylation sites (tertiary alicyclic amines) is 1. The summed E-state index contributed by atoms with van der Waals surface area (Å²) in [4.78, 5) is 18.7. The van der Waals surface area contributed by atoms with Crippen molar-refractivity contribution in [2.75, 3.05) is 18.4 Å². The molecule has 1 aromatic carbocycles. The minimum Gasteiger partial charge on any atom is -0.355 e. The number of aromatic nitrogens is 1. The highest BCUT2D eigenvalue weighted by atomic mass is 16.2. The Morgan fingerprint density at radius 2 is 1.79 bits per heavy atom. The lowest BCUT2D eigenvalue weighted by Crippen LogP contribution is -2.28. The van der Waals surface area contributed by atoms with Crippen molar-refractivity contribution in [3.8, 4) is 0 Å². The predicted molar refractivity (Wildman–Crippen MR) is 97.9 cm³/mol. The van der Waals surface area contributed by atoms with Crippen LogP contribution >= 0.6 is 0 Å². The number of aryl methyl sites for hydroxylation is 2. The summed E-state index contributed by atoms with van der Waals surface area (Å²) in [6, 6.07) is 10.2. The van der Waals surface area contributed by atoms with E-state index in [2.05, 4.69) is 42.3 Å². The number of hydrogen-bond acceptors (Lipinski definition) is 3. The van der Waals surface area contributed by atoms with Crippen LogP contribution in [0.25, 0.3) is 0 Å². The Morgan fingerprint density at radius 1 is 1.12 bits per heavy atom. The third kappa shape index (κ3) is 3.42. The summed E-state index contributed by atoms with van der Waals surface area (Å²) in [5, 5.41) is 3.52. The first-order valence-electron chi connectivity index (χ1n) is 8.86. The third-order valence-corrected chi connectivity index (χ3v) is 4.64. The molecule has 24 heavy (non-hydrogen) atoms. The molecule has 0 saturated carbocycles. The highest BCUT2D eigenvalue weighted by Crippen LogP contribution is 2.27. The fourth-order valence-electron chi connectivity index (χ4n) is 3.25. The number of rotatable bonds is 5. The zero-order valence-corrected chi connectivity index (χ0v) is 14.5. The van der Waals surface area contributed by atoms with Gasteiger partial charge in [-0.3, -0.25) is 9.78 Å². The average molecular weight is 323 g/mol. The second kappa shape index (κ2) is 7.47. The van der Waals surface area contributed by atoms with Crippen molar-refractivity contribution in [1.29, 1.82) is 0 Å². The number of nitrogens with zero attached hydrogens (tertiary/aromatic N) is 2. The van der Waals surface area contributed by atoms with Crippen LogP contribution in [0.4, 0.5) is 11.4 Å². The third-order valence-electron chi connectivity index (χ3n) is 4.64. The number of benzene rings is 1. The van der Waals surface area contributed by atoms with E-state index in [1.54, 1.807) is 6.20 Å². The van der Waals surface area contributed by atoms with Crippen molar-refractivity contribution in [3.05, 3.63) is 53.3 Å². The van der Waals surface area contributed by atoms with E-state index in [4.69, 9.17) is 0 Å². The van der Waals surface area contributed by atoms with Crippen LogP contribution < -0.4 is 5.32 Å². The first-order valence-corrected chi connectivity index (χ1v) is 8.86. The molecule has 2 heterocycles. The SMILES string of the molecule is CCc1cccc(CC)c1Nc1ccnc(C(=O)N2CCCC2)c1. The number of hydrogen-bond donors (Lipinski definition) is 1. The fraction of sp³-hybridized carbons (Fsp3) is 0.400. The topological polar surface area (TPSA) is 45.2 Å². The maximum absolute atomic E-state index is 12.5. The van der Waals surface area contributed by atoms with E-state index < -0.39 is 0 Å². The number of amides is 1. The molecular formula is C20H25N3O. The molecule has 1 saturated heterocycles. The van der Waals surface area contributed by atoms with Gasteiger partial charge >= 0.3 is 0 Å². The van der Waals surface area contributed by atoms with Gasteiger partial charge in [-0.1, -0.05) is 32.0 Å². The second-order valence-electron chi connectivity index (χ2n) is 6.21. The van der Waals surface area contributed by atoms with Gasteiger partial charge in [0.2, 0.25) is 0 Å². The zero-order valence-electron chi connectivity index (χ0n) is 14.5. The van der Waals surface area contributed by atoms with Gasteiger partial charge in [-0.2, -0.15) is 0 Å². The van der Waals surface area contributed by atoms with Crippen molar-refractivity contribution >= 4 is 17.3 Å². The molecule has 1 fully saturated rings. The van der Waals surface area contributed by atoms with E-state index in [0.29, 0.717) is 5.69 Å². The lowest BCUT2D eigenvalue weighted by Gasteiger charge is -2.17. The summed E-state index contributed by atoms with van der Waals surface area (Å²) >= 11 is 0. The van der Waals surface area contributed by atoms with Crippen LogP contribution in [0.2, 0.25) is 0 Å².